The van der Waals surface area contributed by atoms with Gasteiger partial charge in [-0.1, -0.05) is 12.1 Å². The first-order valence-corrected chi connectivity index (χ1v) is 11.6. The van der Waals surface area contributed by atoms with E-state index in [0.717, 1.165) is 12.1 Å². The van der Waals surface area contributed by atoms with Crippen LogP contribution in [0.2, 0.25) is 0 Å². The topological polar surface area (TPSA) is 108 Å². The maximum atomic E-state index is 13.0. The fraction of sp³-hybridized carbons (Fsp3) is 0.333. The summed E-state index contributed by atoms with van der Waals surface area (Å²) < 4.78 is 71.3. The Balaban J connectivity index is 1.40. The summed E-state index contributed by atoms with van der Waals surface area (Å²) in [7, 11) is -3.96. The van der Waals surface area contributed by atoms with Crippen LogP contribution in [0.1, 0.15) is 24.0 Å². The molecule has 0 radical (unpaired) electrons. The smallest absolute Gasteiger partial charge is 0.416 e. The lowest BCUT2D eigenvalue weighted by molar-refractivity contribution is -0.137. The number of carbonyl (C=O) groups is 1. The zero-order valence-corrected chi connectivity index (χ0v) is 18.1. The summed E-state index contributed by atoms with van der Waals surface area (Å²) in [5, 5.41) is 8.87. The van der Waals surface area contributed by atoms with Crippen LogP contribution in [0, 0.1) is 5.92 Å². The lowest BCUT2D eigenvalue weighted by Gasteiger charge is -2.30. The van der Waals surface area contributed by atoms with Crippen molar-refractivity contribution in [3.05, 3.63) is 59.8 Å². The molecule has 0 spiro atoms. The van der Waals surface area contributed by atoms with Crippen LogP contribution in [0.25, 0.3) is 11.5 Å². The first-order chi connectivity index (χ1) is 15.6. The van der Waals surface area contributed by atoms with E-state index >= 15 is 0 Å². The molecule has 8 nitrogen and oxygen atoms in total. The first-order valence-electron chi connectivity index (χ1n) is 10.2. The average Bonchev–Trinajstić information content (AvgIpc) is 3.49. The number of halogens is 3. The number of H-pyrrole nitrogens is 1. The van der Waals surface area contributed by atoms with Crippen LogP contribution in [-0.4, -0.2) is 41.9 Å². The molecule has 1 saturated heterocycles. The van der Waals surface area contributed by atoms with Gasteiger partial charge in [-0.3, -0.25) is 9.89 Å². The van der Waals surface area contributed by atoms with Gasteiger partial charge in [0, 0.05) is 25.8 Å². The summed E-state index contributed by atoms with van der Waals surface area (Å²) in [4.78, 5) is 12.6. The van der Waals surface area contributed by atoms with Crippen LogP contribution >= 0.6 is 0 Å². The van der Waals surface area contributed by atoms with Crippen molar-refractivity contribution >= 4 is 15.9 Å². The molecule has 0 saturated carbocycles. The number of alkyl halides is 3. The Labute approximate surface area is 187 Å². The van der Waals surface area contributed by atoms with E-state index in [1.165, 1.54) is 34.8 Å². The number of furan rings is 1. The molecule has 4 rings (SSSR count). The van der Waals surface area contributed by atoms with E-state index in [1.807, 2.05) is 0 Å². The molecule has 2 N–H and O–H groups in total. The van der Waals surface area contributed by atoms with Gasteiger partial charge in [0.15, 0.2) is 5.76 Å². The predicted octanol–water partition coefficient (Wildman–Crippen LogP) is 3.41. The number of carbonyl (C=O) groups excluding carboxylic acids is 1. The van der Waals surface area contributed by atoms with E-state index in [1.54, 1.807) is 6.07 Å². The summed E-state index contributed by atoms with van der Waals surface area (Å²) in [6, 6.07) is 9.21. The normalized spacial score (nSPS) is 17.7. The Bertz CT molecular complexity index is 1220. The maximum absolute atomic E-state index is 13.0. The number of aromatic amines is 1. The fourth-order valence-corrected chi connectivity index (χ4v) is 5.12. The molecule has 1 atom stereocenters. The van der Waals surface area contributed by atoms with Gasteiger partial charge >= 0.3 is 6.18 Å². The van der Waals surface area contributed by atoms with Crippen LogP contribution < -0.4 is 5.32 Å². The van der Waals surface area contributed by atoms with E-state index in [9.17, 15) is 26.4 Å². The highest BCUT2D eigenvalue weighted by atomic mass is 32.2. The first kappa shape index (κ1) is 23.1. The Morgan fingerprint density at radius 3 is 2.79 bits per heavy atom. The molecule has 0 aliphatic carbocycles. The highest BCUT2D eigenvalue weighted by Crippen LogP contribution is 2.30. The van der Waals surface area contributed by atoms with Gasteiger partial charge in [-0.25, -0.2) is 8.42 Å². The van der Waals surface area contributed by atoms with Crippen LogP contribution in [-0.2, 0) is 27.5 Å². The predicted molar refractivity (Wildman–Crippen MR) is 111 cm³/mol. The number of rotatable bonds is 6. The van der Waals surface area contributed by atoms with Crippen LogP contribution in [0.15, 0.2) is 58.2 Å². The summed E-state index contributed by atoms with van der Waals surface area (Å²) in [6.07, 6.45) is -2.02. The third-order valence-electron chi connectivity index (χ3n) is 5.42. The van der Waals surface area contributed by atoms with Crippen molar-refractivity contribution in [2.45, 2.75) is 30.7 Å². The maximum Gasteiger partial charge on any atom is 0.416 e. The lowest BCUT2D eigenvalue weighted by Crippen LogP contribution is -2.45. The zero-order valence-electron chi connectivity index (χ0n) is 17.3. The third kappa shape index (κ3) is 5.11. The SMILES string of the molecule is O=C(NCc1cccc(C(F)(F)F)c1)[C@@H]1CCCN(S(=O)(=O)c2ccc(-c3ccn[nH]3)o2)C1. The molecule has 2 aromatic heterocycles. The Morgan fingerprint density at radius 1 is 1.24 bits per heavy atom. The van der Waals surface area contributed by atoms with E-state index in [4.69, 9.17) is 4.42 Å². The van der Waals surface area contributed by atoms with Crippen molar-refractivity contribution < 1.29 is 30.8 Å². The van der Waals surface area contributed by atoms with Gasteiger partial charge in [-0.15, -0.1) is 0 Å². The summed E-state index contributed by atoms with van der Waals surface area (Å²) in [5.41, 5.74) is 0.0412. The number of aromatic nitrogens is 2. The summed E-state index contributed by atoms with van der Waals surface area (Å²) in [6.45, 7) is 0.106. The number of hydrogen-bond acceptors (Lipinski definition) is 5. The Morgan fingerprint density at radius 2 is 2.06 bits per heavy atom. The second-order valence-electron chi connectivity index (χ2n) is 7.71. The number of nitrogens with zero attached hydrogens (tertiary/aromatic N) is 2. The molecular formula is C21H21F3N4O4S. The molecule has 1 aromatic carbocycles. The number of amides is 1. The molecule has 12 heteroatoms. The number of hydrogen-bond donors (Lipinski definition) is 2. The molecule has 1 aliphatic rings. The van der Waals surface area contributed by atoms with E-state index in [-0.39, 0.29) is 24.7 Å². The molecular weight excluding hydrogens is 461 g/mol. The molecule has 1 aliphatic heterocycles. The van der Waals surface area contributed by atoms with Crippen molar-refractivity contribution in [3.63, 3.8) is 0 Å². The number of benzene rings is 1. The highest BCUT2D eigenvalue weighted by Gasteiger charge is 2.35. The Hall–Kier alpha value is -3.12. The standard InChI is InChI=1S/C21H21F3N4O4S/c22-21(23,24)16-5-1-3-14(11-16)12-25-20(29)15-4-2-10-28(13-15)33(30,31)19-7-6-18(32-19)17-8-9-26-27-17/h1,3,5-9,11,15H,2,4,10,12-13H2,(H,25,29)(H,26,27)/t15-/m1/s1. The van der Waals surface area contributed by atoms with E-state index < -0.39 is 33.6 Å². The molecule has 0 unspecified atom stereocenters. The van der Waals surface area contributed by atoms with Crippen molar-refractivity contribution in [2.24, 2.45) is 5.92 Å². The lowest BCUT2D eigenvalue weighted by atomic mass is 9.98. The number of piperidine rings is 1. The third-order valence-corrected chi connectivity index (χ3v) is 7.16. The second-order valence-corrected chi connectivity index (χ2v) is 9.58. The number of nitrogens with one attached hydrogen (secondary N) is 2. The number of sulfonamides is 1. The van der Waals surface area contributed by atoms with Gasteiger partial charge in [-0.05, 0) is 48.7 Å². The molecule has 3 heterocycles. The van der Waals surface area contributed by atoms with Gasteiger partial charge in [0.25, 0.3) is 10.0 Å². The monoisotopic (exact) mass is 482 g/mol. The zero-order chi connectivity index (χ0) is 23.6. The van der Waals surface area contributed by atoms with Crippen molar-refractivity contribution in [2.75, 3.05) is 13.1 Å². The molecule has 3 aromatic rings. The summed E-state index contributed by atoms with van der Waals surface area (Å²) >= 11 is 0. The van der Waals surface area contributed by atoms with E-state index in [0.29, 0.717) is 29.9 Å². The molecule has 0 bridgehead atoms. The van der Waals surface area contributed by atoms with Crippen molar-refractivity contribution in [1.82, 2.24) is 19.8 Å². The van der Waals surface area contributed by atoms with Crippen LogP contribution in [0.3, 0.4) is 0 Å². The van der Waals surface area contributed by atoms with Gasteiger partial charge < -0.3 is 9.73 Å². The van der Waals surface area contributed by atoms with Crippen molar-refractivity contribution in [3.8, 4) is 11.5 Å². The van der Waals surface area contributed by atoms with E-state index in [2.05, 4.69) is 15.5 Å². The van der Waals surface area contributed by atoms with Gasteiger partial charge in [0.1, 0.15) is 5.69 Å². The largest absolute Gasteiger partial charge is 0.442 e. The molecule has 1 amide bonds. The Kier molecular flexibility index (Phi) is 6.30. The minimum atomic E-state index is -4.47. The minimum absolute atomic E-state index is 0.0448. The molecule has 1 fully saturated rings. The van der Waals surface area contributed by atoms with Gasteiger partial charge in [-0.2, -0.15) is 22.6 Å². The van der Waals surface area contributed by atoms with Gasteiger partial charge in [0.2, 0.25) is 11.0 Å². The van der Waals surface area contributed by atoms with Crippen molar-refractivity contribution in [1.29, 1.82) is 0 Å². The molecule has 176 valence electrons. The quantitative estimate of drug-likeness (QED) is 0.560. The van der Waals surface area contributed by atoms with Crippen LogP contribution in [0.5, 0.6) is 0 Å². The van der Waals surface area contributed by atoms with Gasteiger partial charge in [0.05, 0.1) is 11.5 Å². The average molecular weight is 482 g/mol. The summed E-state index contributed by atoms with van der Waals surface area (Å²) in [5.74, 6) is -0.718. The van der Waals surface area contributed by atoms with Crippen LogP contribution in [0.4, 0.5) is 13.2 Å². The second kappa shape index (κ2) is 9.02. The highest BCUT2D eigenvalue weighted by molar-refractivity contribution is 7.89. The minimum Gasteiger partial charge on any atom is -0.442 e. The fourth-order valence-electron chi connectivity index (χ4n) is 3.69. The molecule has 33 heavy (non-hydrogen) atoms.